The predicted molar refractivity (Wildman–Crippen MR) is 172 cm³/mol. The van der Waals surface area contributed by atoms with Gasteiger partial charge in [-0.05, 0) is 49.4 Å². The maximum absolute atomic E-state index is 2.71. The average Bonchev–Trinajstić information content (AvgIpc) is 2.79. The molecule has 0 aromatic carbocycles. The molecule has 0 rings (SSSR count). The Labute approximate surface area is 237 Å². The molecule has 0 heterocycles. The van der Waals surface area contributed by atoms with Gasteiger partial charge in [0, 0.05) is 48.1 Å². The van der Waals surface area contributed by atoms with Crippen LogP contribution in [0.5, 0.6) is 0 Å². The molecule has 0 aromatic heterocycles. The van der Waals surface area contributed by atoms with E-state index in [4.69, 9.17) is 0 Å². The van der Waals surface area contributed by atoms with Crippen molar-refractivity contribution in [3.05, 3.63) is 0 Å². The van der Waals surface area contributed by atoms with Gasteiger partial charge in [0.25, 0.3) is 0 Å². The summed E-state index contributed by atoms with van der Waals surface area (Å²) in [6.45, 7) is 23.9. The largest absolute Gasteiger partial charge is 0.240 e. The Bertz CT molecular complexity index is 364. The summed E-state index contributed by atoms with van der Waals surface area (Å²) in [5, 5.41) is 0. The number of rotatable bonds is 27. The first-order valence-electron chi connectivity index (χ1n) is 16.0. The lowest BCUT2D eigenvalue weighted by Crippen LogP contribution is -2.22. The van der Waals surface area contributed by atoms with Crippen LogP contribution >= 0.6 is 22.0 Å². The van der Waals surface area contributed by atoms with E-state index in [2.05, 4.69) is 86.0 Å². The van der Waals surface area contributed by atoms with Crippen LogP contribution in [0.1, 0.15) is 158 Å². The van der Waals surface area contributed by atoms with E-state index in [1.807, 2.05) is 0 Å². The normalized spacial score (nSPS) is 12.5. The van der Waals surface area contributed by atoms with Gasteiger partial charge in [-0.2, -0.15) is 0 Å². The Morgan fingerprint density at radius 3 is 0.750 bits per heavy atom. The highest BCUT2D eigenvalue weighted by Gasteiger charge is 2.12. The summed E-state index contributed by atoms with van der Waals surface area (Å²) >= 11 is 0. The molecule has 4 heteroatoms. The first-order chi connectivity index (χ1) is 17.2. The molecule has 0 amide bonds. The van der Waals surface area contributed by atoms with Crippen molar-refractivity contribution in [2.75, 3.05) is 26.2 Å². The Hall–Kier alpha value is 0.620. The Kier molecular flexibility index (Phi) is 26.3. The molecule has 0 bridgehead atoms. The lowest BCUT2D eigenvalue weighted by Gasteiger charge is -2.26. The minimum atomic E-state index is 0.849. The summed E-state index contributed by atoms with van der Waals surface area (Å²) in [4.78, 5) is 0. The molecule has 0 aromatic rings. The summed E-state index contributed by atoms with van der Waals surface area (Å²) in [6, 6.07) is 0. The van der Waals surface area contributed by atoms with Crippen molar-refractivity contribution < 1.29 is 0 Å². The van der Waals surface area contributed by atoms with Crippen LogP contribution in [0.15, 0.2) is 0 Å². The van der Waals surface area contributed by atoms with E-state index in [1.54, 1.807) is 0 Å². The van der Waals surface area contributed by atoms with Crippen LogP contribution < -0.4 is 0 Å². The van der Waals surface area contributed by atoms with Crippen molar-refractivity contribution >= 4 is 22.0 Å². The molecule has 0 spiro atoms. The quantitative estimate of drug-likeness (QED) is 0.0576. The predicted octanol–water partition coefficient (Wildman–Crippen LogP) is 11.7. The van der Waals surface area contributed by atoms with Crippen LogP contribution in [-0.4, -0.2) is 34.8 Å². The van der Waals surface area contributed by atoms with Crippen molar-refractivity contribution in [3.63, 3.8) is 0 Å². The van der Waals surface area contributed by atoms with E-state index in [1.165, 1.54) is 129 Å². The van der Waals surface area contributed by atoms with Crippen molar-refractivity contribution in [2.24, 2.45) is 23.7 Å². The fourth-order valence-corrected chi connectivity index (χ4v) is 7.00. The topological polar surface area (TPSA) is 6.48 Å². The number of nitrogens with zero attached hydrogens (tertiary/aromatic N) is 2. The molecule has 0 atom stereocenters. The molecule has 0 saturated carbocycles. The second-order valence-electron chi connectivity index (χ2n) is 13.0. The third-order valence-corrected chi connectivity index (χ3v) is 9.68. The highest BCUT2D eigenvalue weighted by atomic mass is 33.1. The van der Waals surface area contributed by atoms with E-state index >= 15 is 0 Å². The standard InChI is InChI=1S/C32H68N2S2/c1-29(2)21-13-9-17-25-33(26-18-10-14-22-30(3)4)35-36-34(27-19-11-15-23-31(5)6)28-20-12-16-24-32(7)8/h29-32H,9-28H2,1-8H3. The number of hydrogen-bond acceptors (Lipinski definition) is 4. The van der Waals surface area contributed by atoms with E-state index in [-0.39, 0.29) is 0 Å². The summed E-state index contributed by atoms with van der Waals surface area (Å²) in [5.41, 5.74) is 0. The van der Waals surface area contributed by atoms with Gasteiger partial charge < -0.3 is 0 Å². The maximum Gasteiger partial charge on any atom is 0.00976 e. The van der Waals surface area contributed by atoms with Gasteiger partial charge in [-0.25, -0.2) is 8.61 Å². The lowest BCUT2D eigenvalue weighted by molar-refractivity contribution is 0.411. The fraction of sp³-hybridized carbons (Fsp3) is 1.00. The van der Waals surface area contributed by atoms with Crippen LogP contribution in [0.2, 0.25) is 0 Å². The van der Waals surface area contributed by atoms with Crippen molar-refractivity contribution in [1.29, 1.82) is 0 Å². The zero-order chi connectivity index (χ0) is 27.0. The minimum Gasteiger partial charge on any atom is -0.240 e. The van der Waals surface area contributed by atoms with Crippen molar-refractivity contribution in [2.45, 2.75) is 158 Å². The van der Waals surface area contributed by atoms with Crippen molar-refractivity contribution in [3.8, 4) is 0 Å². The third-order valence-electron chi connectivity index (χ3n) is 7.00. The molecule has 36 heavy (non-hydrogen) atoms. The molecule has 0 unspecified atom stereocenters. The van der Waals surface area contributed by atoms with E-state index in [0.29, 0.717) is 0 Å². The third kappa shape index (κ3) is 27.6. The highest BCUT2D eigenvalue weighted by molar-refractivity contribution is 8.74. The van der Waals surface area contributed by atoms with Crippen LogP contribution in [0, 0.1) is 23.7 Å². The van der Waals surface area contributed by atoms with Crippen LogP contribution in [0.3, 0.4) is 0 Å². The molecule has 0 aliphatic carbocycles. The SMILES string of the molecule is CC(C)CCCCCN(CCCCCC(C)C)SSN(CCCCCC(C)C)CCCCCC(C)C. The van der Waals surface area contributed by atoms with Gasteiger partial charge in [0.05, 0.1) is 0 Å². The first kappa shape index (κ1) is 36.6. The molecule has 0 N–H and O–H groups in total. The second kappa shape index (κ2) is 25.9. The van der Waals surface area contributed by atoms with E-state index in [0.717, 1.165) is 23.7 Å². The zero-order valence-electron chi connectivity index (χ0n) is 26.2. The summed E-state index contributed by atoms with van der Waals surface area (Å²) in [6.07, 6.45) is 22.1. The second-order valence-corrected chi connectivity index (χ2v) is 15.2. The minimum absolute atomic E-state index is 0.849. The van der Waals surface area contributed by atoms with Gasteiger partial charge in [0.2, 0.25) is 0 Å². The summed E-state index contributed by atoms with van der Waals surface area (Å²) in [7, 11) is 4.14. The number of hydrogen-bond donors (Lipinski definition) is 0. The molecule has 0 aliphatic rings. The summed E-state index contributed by atoms with van der Waals surface area (Å²) < 4.78 is 5.42. The zero-order valence-corrected chi connectivity index (χ0v) is 27.8. The van der Waals surface area contributed by atoms with E-state index < -0.39 is 0 Å². The monoisotopic (exact) mass is 544 g/mol. The van der Waals surface area contributed by atoms with Gasteiger partial charge in [-0.1, -0.05) is 132 Å². The van der Waals surface area contributed by atoms with Gasteiger partial charge in [-0.15, -0.1) is 0 Å². The Balaban J connectivity index is 4.60. The van der Waals surface area contributed by atoms with Gasteiger partial charge in [0.1, 0.15) is 0 Å². The van der Waals surface area contributed by atoms with Crippen LogP contribution in [0.4, 0.5) is 0 Å². The van der Waals surface area contributed by atoms with Gasteiger partial charge >= 0.3 is 0 Å². The van der Waals surface area contributed by atoms with Gasteiger partial charge in [0.15, 0.2) is 0 Å². The molecule has 2 nitrogen and oxygen atoms in total. The molecule has 0 saturated heterocycles. The molecule has 0 aliphatic heterocycles. The molecule has 218 valence electrons. The number of unbranched alkanes of at least 4 members (excludes halogenated alkanes) is 8. The maximum atomic E-state index is 2.71. The van der Waals surface area contributed by atoms with Crippen LogP contribution in [-0.2, 0) is 0 Å². The fourth-order valence-electron chi connectivity index (χ4n) is 4.54. The smallest absolute Gasteiger partial charge is 0.00976 e. The lowest BCUT2D eigenvalue weighted by atomic mass is 10.1. The Morgan fingerprint density at radius 2 is 0.556 bits per heavy atom. The molecule has 0 fully saturated rings. The van der Waals surface area contributed by atoms with Crippen molar-refractivity contribution in [1.82, 2.24) is 8.61 Å². The van der Waals surface area contributed by atoms with Gasteiger partial charge in [-0.3, -0.25) is 0 Å². The summed E-state index contributed by atoms with van der Waals surface area (Å²) in [5.74, 6) is 3.39. The molecule has 0 radical (unpaired) electrons. The van der Waals surface area contributed by atoms with E-state index in [9.17, 15) is 0 Å². The average molecular weight is 545 g/mol. The first-order valence-corrected chi connectivity index (χ1v) is 18.1. The Morgan fingerprint density at radius 1 is 0.333 bits per heavy atom. The molecular weight excluding hydrogens is 477 g/mol. The highest BCUT2D eigenvalue weighted by Crippen LogP contribution is 2.32. The van der Waals surface area contributed by atoms with Crippen LogP contribution in [0.25, 0.3) is 0 Å². The molecular formula is C32H68N2S2.